The van der Waals surface area contributed by atoms with Crippen molar-refractivity contribution < 1.29 is 9.59 Å². The van der Waals surface area contributed by atoms with Crippen LogP contribution in [0.5, 0.6) is 0 Å². The molecule has 3 aromatic carbocycles. The van der Waals surface area contributed by atoms with E-state index in [0.717, 1.165) is 16.0 Å². The number of nitrogens with one attached hydrogen (secondary N) is 2. The number of anilines is 1. The summed E-state index contributed by atoms with van der Waals surface area (Å²) in [5.41, 5.74) is 5.20. The Hall–Kier alpha value is -2.96. The van der Waals surface area contributed by atoms with Crippen LogP contribution in [-0.4, -0.2) is 21.9 Å². The van der Waals surface area contributed by atoms with E-state index in [1.807, 2.05) is 31.2 Å². The Morgan fingerprint density at radius 2 is 1.63 bits per heavy atom. The average molecular weight is 396 g/mol. The lowest BCUT2D eigenvalue weighted by atomic mass is 9.95. The van der Waals surface area contributed by atoms with Crippen LogP contribution in [0.3, 0.4) is 0 Å². The molecule has 134 valence electrons. The Kier molecular flexibility index (Phi) is 4.30. The van der Waals surface area contributed by atoms with E-state index in [-0.39, 0.29) is 5.11 Å². The summed E-state index contributed by atoms with van der Waals surface area (Å²) in [6.07, 6.45) is 0. The second-order valence-corrected chi connectivity index (χ2v) is 7.00. The molecule has 0 fully saturated rings. The molecule has 0 saturated carbocycles. The molecule has 2 N–H and O–H groups in total. The fourth-order valence-corrected chi connectivity index (χ4v) is 3.45. The van der Waals surface area contributed by atoms with Gasteiger partial charge >= 0.3 is 0 Å². The van der Waals surface area contributed by atoms with Crippen molar-refractivity contribution in [1.29, 1.82) is 0 Å². The van der Waals surface area contributed by atoms with Crippen molar-refractivity contribution in [3.05, 3.63) is 76.3 Å². The normalized spacial score (nSPS) is 13.0. The summed E-state index contributed by atoms with van der Waals surface area (Å²) in [7, 11) is 0. The SMILES string of the molecule is Cc1ccc(NC(=S)NN2C(=O)c3cccc4cccc(c34)C2=O)cc1Cl. The quantitative estimate of drug-likeness (QED) is 0.500. The lowest BCUT2D eigenvalue weighted by Crippen LogP contribution is -2.52. The van der Waals surface area contributed by atoms with E-state index in [9.17, 15) is 9.59 Å². The predicted molar refractivity (Wildman–Crippen MR) is 110 cm³/mol. The summed E-state index contributed by atoms with van der Waals surface area (Å²) in [6, 6.07) is 16.1. The number of hydrogen-bond acceptors (Lipinski definition) is 3. The summed E-state index contributed by atoms with van der Waals surface area (Å²) in [5, 5.41) is 6.09. The second kappa shape index (κ2) is 6.64. The Balaban J connectivity index is 1.61. The van der Waals surface area contributed by atoms with Gasteiger partial charge in [-0.2, -0.15) is 5.01 Å². The number of amides is 2. The van der Waals surface area contributed by atoms with Gasteiger partial charge in [0.15, 0.2) is 5.11 Å². The van der Waals surface area contributed by atoms with Gasteiger partial charge in [-0.05, 0) is 54.4 Å². The number of rotatable bonds is 2. The van der Waals surface area contributed by atoms with Gasteiger partial charge in [-0.3, -0.25) is 15.0 Å². The molecule has 1 aliphatic rings. The number of aryl methyl sites for hydroxylation is 1. The van der Waals surface area contributed by atoms with Gasteiger partial charge in [0.2, 0.25) is 0 Å². The highest BCUT2D eigenvalue weighted by molar-refractivity contribution is 7.80. The molecule has 0 atom stereocenters. The Labute approximate surface area is 165 Å². The molecule has 0 unspecified atom stereocenters. The molecule has 0 aliphatic carbocycles. The first-order valence-electron chi connectivity index (χ1n) is 8.20. The van der Waals surface area contributed by atoms with Gasteiger partial charge in [-0.1, -0.05) is 41.9 Å². The fraction of sp³-hybridized carbons (Fsp3) is 0.0500. The fourth-order valence-electron chi connectivity index (χ4n) is 3.06. The first kappa shape index (κ1) is 17.5. The highest BCUT2D eigenvalue weighted by Crippen LogP contribution is 2.29. The topological polar surface area (TPSA) is 61.4 Å². The van der Waals surface area contributed by atoms with Gasteiger partial charge in [0, 0.05) is 16.1 Å². The van der Waals surface area contributed by atoms with Crippen LogP contribution >= 0.6 is 23.8 Å². The van der Waals surface area contributed by atoms with Crippen molar-refractivity contribution in [2.75, 3.05) is 5.32 Å². The molecule has 1 heterocycles. The molecule has 3 aromatic rings. The third-order valence-electron chi connectivity index (χ3n) is 4.41. The van der Waals surface area contributed by atoms with Crippen LogP contribution in [-0.2, 0) is 0 Å². The second-order valence-electron chi connectivity index (χ2n) is 6.18. The zero-order chi connectivity index (χ0) is 19.1. The molecule has 0 spiro atoms. The molecule has 0 saturated heterocycles. The van der Waals surface area contributed by atoms with Crippen LogP contribution in [0.1, 0.15) is 26.3 Å². The van der Waals surface area contributed by atoms with Crippen molar-refractivity contribution in [2.45, 2.75) is 6.92 Å². The van der Waals surface area contributed by atoms with Crippen molar-refractivity contribution >= 4 is 57.2 Å². The van der Waals surface area contributed by atoms with E-state index in [2.05, 4.69) is 10.7 Å². The van der Waals surface area contributed by atoms with Gasteiger partial charge < -0.3 is 5.32 Å². The minimum absolute atomic E-state index is 0.114. The Bertz CT molecular complexity index is 1080. The zero-order valence-corrected chi connectivity index (χ0v) is 15.8. The third-order valence-corrected chi connectivity index (χ3v) is 5.02. The highest BCUT2D eigenvalue weighted by atomic mass is 35.5. The maximum atomic E-state index is 12.8. The minimum Gasteiger partial charge on any atom is -0.331 e. The predicted octanol–water partition coefficient (Wildman–Crippen LogP) is 4.30. The Morgan fingerprint density at radius 3 is 2.22 bits per heavy atom. The number of carbonyl (C=O) groups excluding carboxylic acids is 2. The first-order valence-corrected chi connectivity index (χ1v) is 8.98. The number of hydrogen-bond donors (Lipinski definition) is 2. The van der Waals surface area contributed by atoms with E-state index in [1.54, 1.807) is 30.3 Å². The largest absolute Gasteiger partial charge is 0.331 e. The molecule has 0 radical (unpaired) electrons. The van der Waals surface area contributed by atoms with Gasteiger partial charge in [0.05, 0.1) is 11.1 Å². The molecule has 7 heteroatoms. The van der Waals surface area contributed by atoms with Gasteiger partial charge in [0.1, 0.15) is 0 Å². The Morgan fingerprint density at radius 1 is 1.00 bits per heavy atom. The molecule has 1 aliphatic heterocycles. The lowest BCUT2D eigenvalue weighted by molar-refractivity contribution is 0.0568. The van der Waals surface area contributed by atoms with Crippen LogP contribution in [0.2, 0.25) is 5.02 Å². The molecular formula is C20H14ClN3O2S. The first-order chi connectivity index (χ1) is 13.0. The number of benzene rings is 3. The average Bonchev–Trinajstić information content (AvgIpc) is 2.66. The molecule has 2 amide bonds. The monoisotopic (exact) mass is 395 g/mol. The van der Waals surface area contributed by atoms with E-state index < -0.39 is 11.8 Å². The molecule has 4 rings (SSSR count). The molecule has 27 heavy (non-hydrogen) atoms. The lowest BCUT2D eigenvalue weighted by Gasteiger charge is -2.28. The van der Waals surface area contributed by atoms with Crippen LogP contribution in [0.4, 0.5) is 5.69 Å². The zero-order valence-electron chi connectivity index (χ0n) is 14.2. The van der Waals surface area contributed by atoms with E-state index in [1.165, 1.54) is 0 Å². The van der Waals surface area contributed by atoms with Crippen LogP contribution in [0.25, 0.3) is 10.8 Å². The smallest absolute Gasteiger partial charge is 0.280 e. The third kappa shape index (κ3) is 3.03. The van der Waals surface area contributed by atoms with Gasteiger partial charge in [-0.15, -0.1) is 0 Å². The minimum atomic E-state index is -0.449. The van der Waals surface area contributed by atoms with E-state index >= 15 is 0 Å². The molecule has 0 bridgehead atoms. The number of thiocarbonyl (C=S) groups is 1. The van der Waals surface area contributed by atoms with E-state index in [0.29, 0.717) is 27.2 Å². The summed E-state index contributed by atoms with van der Waals surface area (Å²) in [6.45, 7) is 1.89. The summed E-state index contributed by atoms with van der Waals surface area (Å²) < 4.78 is 0. The van der Waals surface area contributed by atoms with Crippen molar-refractivity contribution in [1.82, 2.24) is 10.4 Å². The van der Waals surface area contributed by atoms with Crippen molar-refractivity contribution in [2.24, 2.45) is 0 Å². The van der Waals surface area contributed by atoms with Gasteiger partial charge in [0.25, 0.3) is 11.8 Å². The molecular weight excluding hydrogens is 382 g/mol. The standard InChI is InChI=1S/C20H14ClN3O2S/c1-11-8-9-13(10-16(11)21)22-20(27)23-24-18(25)14-6-2-4-12-5-3-7-15(17(12)14)19(24)26/h2-10H,1H3,(H2,22,23,27). The number of nitrogens with zero attached hydrogens (tertiary/aromatic N) is 1. The highest BCUT2D eigenvalue weighted by Gasteiger charge is 2.33. The molecule has 5 nitrogen and oxygen atoms in total. The maximum absolute atomic E-state index is 12.8. The number of carbonyl (C=O) groups is 2. The summed E-state index contributed by atoms with van der Waals surface area (Å²) in [5.74, 6) is -0.897. The van der Waals surface area contributed by atoms with Crippen molar-refractivity contribution in [3.8, 4) is 0 Å². The number of imide groups is 1. The number of halogens is 1. The van der Waals surface area contributed by atoms with E-state index in [4.69, 9.17) is 23.8 Å². The molecule has 0 aromatic heterocycles. The maximum Gasteiger partial charge on any atom is 0.280 e. The summed E-state index contributed by atoms with van der Waals surface area (Å²) in [4.78, 5) is 25.7. The van der Waals surface area contributed by atoms with Gasteiger partial charge in [-0.25, -0.2) is 0 Å². The summed E-state index contributed by atoms with van der Waals surface area (Å²) >= 11 is 11.4. The van der Waals surface area contributed by atoms with Crippen LogP contribution in [0, 0.1) is 6.92 Å². The van der Waals surface area contributed by atoms with Crippen LogP contribution in [0.15, 0.2) is 54.6 Å². The number of hydrazine groups is 1. The van der Waals surface area contributed by atoms with Crippen LogP contribution < -0.4 is 10.7 Å². The van der Waals surface area contributed by atoms with Crippen molar-refractivity contribution in [3.63, 3.8) is 0 Å².